The molecule has 4 atom stereocenters. The Morgan fingerprint density at radius 3 is 2.26 bits per heavy atom. The van der Waals surface area contributed by atoms with Crippen molar-refractivity contribution in [1.82, 2.24) is 24.9 Å². The molecule has 2 aromatic carbocycles. The van der Waals surface area contributed by atoms with Gasteiger partial charge in [0.15, 0.2) is 5.69 Å². The minimum Gasteiger partial charge on any atom is -0.381 e. The lowest BCUT2D eigenvalue weighted by Crippen LogP contribution is -2.37. The molecule has 3 unspecified atom stereocenters. The van der Waals surface area contributed by atoms with E-state index < -0.39 is 23.3 Å². The molecule has 2 amide bonds. The van der Waals surface area contributed by atoms with Crippen LogP contribution in [0.1, 0.15) is 40.5 Å². The highest BCUT2D eigenvalue weighted by Gasteiger charge is 2.45. The largest absolute Gasteiger partial charge is 0.434 e. The number of rotatable bonds is 8. The summed E-state index contributed by atoms with van der Waals surface area (Å²) >= 11 is 0. The zero-order chi connectivity index (χ0) is 29.3. The first-order valence-electron chi connectivity index (χ1n) is 14.4. The number of nitrogens with one attached hydrogen (secondary N) is 1. The maximum atomic E-state index is 14.1. The summed E-state index contributed by atoms with van der Waals surface area (Å²) in [5, 5.41) is 7.17. The fourth-order valence-corrected chi connectivity index (χ4v) is 6.50. The molecular formula is C31H34F3N5O3. The minimum absolute atomic E-state index is 0.0163. The molecule has 3 aromatic rings. The van der Waals surface area contributed by atoms with Gasteiger partial charge in [0.25, 0.3) is 5.91 Å². The molecule has 3 fully saturated rings. The second-order valence-electron chi connectivity index (χ2n) is 11.5. The highest BCUT2D eigenvalue weighted by molar-refractivity contribution is 5.95. The van der Waals surface area contributed by atoms with Crippen molar-refractivity contribution in [1.29, 1.82) is 0 Å². The molecule has 3 aliphatic rings. The van der Waals surface area contributed by atoms with Crippen LogP contribution in [-0.2, 0) is 15.7 Å². The molecule has 3 saturated heterocycles. The summed E-state index contributed by atoms with van der Waals surface area (Å²) in [7, 11) is 0. The van der Waals surface area contributed by atoms with Gasteiger partial charge >= 0.3 is 6.18 Å². The van der Waals surface area contributed by atoms with Gasteiger partial charge < -0.3 is 19.9 Å². The fraction of sp³-hybridized carbons (Fsp3) is 0.452. The molecule has 8 nitrogen and oxygen atoms in total. The number of carbonyl (C=O) groups is 2. The van der Waals surface area contributed by atoms with Gasteiger partial charge in [-0.25, -0.2) is 4.68 Å². The van der Waals surface area contributed by atoms with Crippen molar-refractivity contribution >= 4 is 11.8 Å². The molecule has 1 aromatic heterocycles. The molecule has 1 N–H and O–H groups in total. The van der Waals surface area contributed by atoms with Gasteiger partial charge in [0.2, 0.25) is 5.91 Å². The average Bonchev–Trinajstić information content (AvgIpc) is 3.79. The first kappa shape index (κ1) is 28.4. The summed E-state index contributed by atoms with van der Waals surface area (Å²) in [6, 6.07) is 17.8. The van der Waals surface area contributed by atoms with Crippen LogP contribution in [0.2, 0.25) is 0 Å². The number of hydrogen-bond donors (Lipinski definition) is 1. The highest BCUT2D eigenvalue weighted by atomic mass is 19.4. The van der Waals surface area contributed by atoms with Gasteiger partial charge in [-0.2, -0.15) is 18.3 Å². The molecule has 11 heteroatoms. The third kappa shape index (κ3) is 5.94. The Morgan fingerprint density at radius 1 is 0.976 bits per heavy atom. The number of carbonyl (C=O) groups excluding carboxylic acids is 2. The van der Waals surface area contributed by atoms with Crippen LogP contribution in [0, 0.1) is 17.8 Å². The van der Waals surface area contributed by atoms with E-state index in [0.717, 1.165) is 48.9 Å². The first-order chi connectivity index (χ1) is 20.3. The number of amides is 2. The Labute approximate surface area is 242 Å². The zero-order valence-electron chi connectivity index (χ0n) is 23.2. The monoisotopic (exact) mass is 581 g/mol. The van der Waals surface area contributed by atoms with Crippen LogP contribution >= 0.6 is 0 Å². The van der Waals surface area contributed by atoms with Crippen molar-refractivity contribution in [3.63, 3.8) is 0 Å². The van der Waals surface area contributed by atoms with Crippen LogP contribution in [-0.4, -0.2) is 77.3 Å². The van der Waals surface area contributed by atoms with E-state index in [1.165, 1.54) is 12.1 Å². The number of fused-ring (bicyclic) bond motifs is 1. The molecule has 0 spiro atoms. The maximum absolute atomic E-state index is 14.1. The van der Waals surface area contributed by atoms with E-state index in [0.29, 0.717) is 26.3 Å². The smallest absolute Gasteiger partial charge is 0.381 e. The SMILES string of the molecule is O=C(N[C@@H](CCN1CC2CN(C(=O)c3cnn(-c4ccccc4)c3C(F)(F)F)CC2C1)c1ccccc1)C1CCOC1. The van der Waals surface area contributed by atoms with E-state index in [1.54, 1.807) is 23.1 Å². The molecule has 42 heavy (non-hydrogen) atoms. The van der Waals surface area contributed by atoms with E-state index in [2.05, 4.69) is 15.3 Å². The van der Waals surface area contributed by atoms with E-state index in [-0.39, 0.29) is 35.4 Å². The summed E-state index contributed by atoms with van der Waals surface area (Å²) in [4.78, 5) is 30.1. The minimum atomic E-state index is -4.74. The summed E-state index contributed by atoms with van der Waals surface area (Å²) in [6.45, 7) is 4.17. The molecule has 0 saturated carbocycles. The van der Waals surface area contributed by atoms with Crippen molar-refractivity contribution < 1.29 is 27.5 Å². The van der Waals surface area contributed by atoms with Crippen molar-refractivity contribution in [2.24, 2.45) is 17.8 Å². The topological polar surface area (TPSA) is 79.7 Å². The van der Waals surface area contributed by atoms with Gasteiger partial charge in [0, 0.05) is 39.3 Å². The summed E-state index contributed by atoms with van der Waals surface area (Å²) < 4.78 is 48.6. The molecule has 222 valence electrons. The molecule has 3 aliphatic heterocycles. The van der Waals surface area contributed by atoms with Crippen LogP contribution in [0.3, 0.4) is 0 Å². The molecule has 0 bridgehead atoms. The van der Waals surface area contributed by atoms with E-state index in [4.69, 9.17) is 4.74 Å². The van der Waals surface area contributed by atoms with E-state index >= 15 is 0 Å². The number of hydrogen-bond acceptors (Lipinski definition) is 5. The average molecular weight is 582 g/mol. The molecule has 6 rings (SSSR count). The molecular weight excluding hydrogens is 547 g/mol. The first-order valence-corrected chi connectivity index (χ1v) is 14.4. The van der Waals surface area contributed by atoms with Gasteiger partial charge in [-0.1, -0.05) is 48.5 Å². The second-order valence-corrected chi connectivity index (χ2v) is 11.5. The third-order valence-electron chi connectivity index (χ3n) is 8.67. The molecule has 4 heterocycles. The Kier molecular flexibility index (Phi) is 8.04. The predicted octanol–water partition coefficient (Wildman–Crippen LogP) is 4.18. The van der Waals surface area contributed by atoms with Gasteiger partial charge in [-0.15, -0.1) is 0 Å². The van der Waals surface area contributed by atoms with Gasteiger partial charge in [0.1, 0.15) is 0 Å². The van der Waals surface area contributed by atoms with Crippen LogP contribution in [0.25, 0.3) is 5.69 Å². The second kappa shape index (κ2) is 11.9. The maximum Gasteiger partial charge on any atom is 0.434 e. The number of aromatic nitrogens is 2. The van der Waals surface area contributed by atoms with Gasteiger partial charge in [-0.05, 0) is 42.4 Å². The number of likely N-dealkylation sites (tertiary alicyclic amines) is 2. The normalized spacial score (nSPS) is 23.2. The van der Waals surface area contributed by atoms with Crippen LogP contribution in [0.4, 0.5) is 13.2 Å². The number of alkyl halides is 3. The van der Waals surface area contributed by atoms with Crippen molar-refractivity contribution in [3.8, 4) is 5.69 Å². The van der Waals surface area contributed by atoms with Gasteiger partial charge in [-0.3, -0.25) is 9.59 Å². The van der Waals surface area contributed by atoms with Gasteiger partial charge in [0.05, 0.1) is 36.0 Å². The summed E-state index contributed by atoms with van der Waals surface area (Å²) in [6.07, 6.45) is -2.23. The Bertz CT molecular complexity index is 1380. The van der Waals surface area contributed by atoms with Crippen LogP contribution < -0.4 is 5.32 Å². The number of halogens is 3. The van der Waals surface area contributed by atoms with Crippen LogP contribution in [0.15, 0.2) is 66.9 Å². The molecule has 0 aliphatic carbocycles. The Balaban J connectivity index is 1.08. The number of ether oxygens (including phenoxy) is 1. The Hall–Kier alpha value is -3.70. The van der Waals surface area contributed by atoms with Crippen molar-refractivity contribution in [2.75, 3.05) is 45.9 Å². The predicted molar refractivity (Wildman–Crippen MR) is 149 cm³/mol. The van der Waals surface area contributed by atoms with E-state index in [1.807, 2.05) is 30.3 Å². The summed E-state index contributed by atoms with van der Waals surface area (Å²) in [5.41, 5.74) is -0.162. The third-order valence-corrected chi connectivity index (χ3v) is 8.67. The van der Waals surface area contributed by atoms with Crippen LogP contribution in [0.5, 0.6) is 0 Å². The Morgan fingerprint density at radius 2 is 1.64 bits per heavy atom. The van der Waals surface area contributed by atoms with E-state index in [9.17, 15) is 22.8 Å². The van der Waals surface area contributed by atoms with Crippen molar-refractivity contribution in [3.05, 3.63) is 83.7 Å². The number of nitrogens with zero attached hydrogens (tertiary/aromatic N) is 4. The lowest BCUT2D eigenvalue weighted by molar-refractivity contribution is -0.143. The quantitative estimate of drug-likeness (QED) is 0.432. The highest BCUT2D eigenvalue weighted by Crippen LogP contribution is 2.37. The number of benzene rings is 2. The lowest BCUT2D eigenvalue weighted by Gasteiger charge is -2.25. The fourth-order valence-electron chi connectivity index (χ4n) is 6.50. The zero-order valence-corrected chi connectivity index (χ0v) is 23.2. The standard InChI is InChI=1S/C31H34F3N5O3/c32-31(33,34)28-26(15-35-39(28)25-9-5-2-6-10-25)30(41)38-18-23-16-37(17-24(23)19-38)13-11-27(21-7-3-1-4-8-21)36-29(40)22-12-14-42-20-22/h1-10,15,22-24,27H,11-14,16-20H2,(H,36,40)/t22?,23?,24?,27-/m0/s1. The molecule has 0 radical (unpaired) electrons. The van der Waals surface area contributed by atoms with Crippen molar-refractivity contribution in [2.45, 2.75) is 25.1 Å². The lowest BCUT2D eigenvalue weighted by atomic mass is 10.0. The number of para-hydroxylation sites is 1. The summed E-state index contributed by atoms with van der Waals surface area (Å²) in [5.74, 6) is -0.361.